The summed E-state index contributed by atoms with van der Waals surface area (Å²) >= 11 is 0.986. The van der Waals surface area contributed by atoms with E-state index in [2.05, 4.69) is 55.5 Å². The molecule has 0 saturated heterocycles. The van der Waals surface area contributed by atoms with Gasteiger partial charge in [-0.15, -0.1) is 11.3 Å². The number of imidazole rings is 1. The van der Waals surface area contributed by atoms with Gasteiger partial charge >= 0.3 is 0 Å². The first-order valence-corrected chi connectivity index (χ1v) is 13.3. The quantitative estimate of drug-likeness (QED) is 0.157. The number of hydrogen-bond donors (Lipinski definition) is 3. The molecule has 0 bridgehead atoms. The standard InChI is InChI=1S/C29H27F2N7S/c1-5-8-9-16(4)34-18(7-3)14-17(6-2)25-24(31)23-20(15-33-25)37-38-28(23)29-35-19-12-13-32-27(26(19)36-29)21-10-11-22(30)39-21/h6-7,10-15,34H,3-5,8-9H2,1-2H3,(H,35,36)(H,37,38)/b17-6+,18-14+. The van der Waals surface area contributed by atoms with Gasteiger partial charge in [-0.2, -0.15) is 9.49 Å². The lowest BCUT2D eigenvalue weighted by Crippen LogP contribution is -2.10. The molecule has 0 saturated carbocycles. The fourth-order valence-corrected chi connectivity index (χ4v) is 5.00. The number of allylic oxidation sites excluding steroid dienone is 5. The minimum absolute atomic E-state index is 0.167. The molecule has 39 heavy (non-hydrogen) atoms. The molecule has 10 heteroatoms. The van der Waals surface area contributed by atoms with E-state index in [9.17, 15) is 4.39 Å². The molecule has 0 aliphatic rings. The second-order valence-electron chi connectivity index (χ2n) is 8.91. The van der Waals surface area contributed by atoms with Crippen LogP contribution >= 0.6 is 11.3 Å². The SMILES string of the molecule is C=C/C(=C\C(=C/C)c1ncc2[nH]nc(-c3nc4c(-c5ccc(F)s5)nccc4[nH]3)c2c1F)NC(=C)CCCC. The summed E-state index contributed by atoms with van der Waals surface area (Å²) in [7, 11) is 0. The number of aromatic amines is 2. The minimum atomic E-state index is -0.534. The van der Waals surface area contributed by atoms with Crippen molar-refractivity contribution in [2.75, 3.05) is 0 Å². The molecular weight excluding hydrogens is 516 g/mol. The first-order chi connectivity index (χ1) is 18.9. The monoisotopic (exact) mass is 543 g/mol. The number of nitrogens with one attached hydrogen (secondary N) is 3. The molecule has 5 aromatic rings. The van der Waals surface area contributed by atoms with Gasteiger partial charge in [0.05, 0.1) is 27.5 Å². The third-order valence-electron chi connectivity index (χ3n) is 6.24. The van der Waals surface area contributed by atoms with E-state index >= 15 is 4.39 Å². The van der Waals surface area contributed by atoms with Crippen molar-refractivity contribution in [3.05, 3.63) is 90.0 Å². The summed E-state index contributed by atoms with van der Waals surface area (Å²) in [6, 6.07) is 4.81. The lowest BCUT2D eigenvalue weighted by atomic mass is 10.1. The number of H-pyrrole nitrogens is 2. The summed E-state index contributed by atoms with van der Waals surface area (Å²) in [4.78, 5) is 17.3. The molecule has 5 heterocycles. The van der Waals surface area contributed by atoms with Crippen molar-refractivity contribution in [3.63, 3.8) is 0 Å². The van der Waals surface area contributed by atoms with E-state index in [0.717, 1.165) is 36.3 Å². The fourth-order valence-electron chi connectivity index (χ4n) is 4.28. The topological polar surface area (TPSA) is 95.2 Å². The smallest absolute Gasteiger partial charge is 0.177 e. The Bertz CT molecular complexity index is 1760. The highest BCUT2D eigenvalue weighted by Crippen LogP contribution is 2.34. The first kappa shape index (κ1) is 26.2. The largest absolute Gasteiger partial charge is 0.359 e. The summed E-state index contributed by atoms with van der Waals surface area (Å²) in [5.74, 6) is -0.176. The molecule has 0 radical (unpaired) electrons. The highest BCUT2D eigenvalue weighted by atomic mass is 32.1. The van der Waals surface area contributed by atoms with Crippen molar-refractivity contribution in [3.8, 4) is 22.1 Å². The number of unbranched alkanes of at least 4 members (excludes halogenated alkanes) is 1. The van der Waals surface area contributed by atoms with Gasteiger partial charge in [-0.3, -0.25) is 15.1 Å². The Labute approximate surface area is 228 Å². The van der Waals surface area contributed by atoms with Crippen LogP contribution in [0.4, 0.5) is 8.78 Å². The van der Waals surface area contributed by atoms with Crippen LogP contribution in [0, 0.1) is 10.9 Å². The zero-order valence-corrected chi connectivity index (χ0v) is 22.4. The van der Waals surface area contributed by atoms with Gasteiger partial charge in [-0.25, -0.2) is 9.37 Å². The Hall–Kier alpha value is -4.44. The molecule has 0 spiro atoms. The van der Waals surface area contributed by atoms with Gasteiger partial charge in [-0.1, -0.05) is 32.6 Å². The van der Waals surface area contributed by atoms with Crippen molar-refractivity contribution in [2.24, 2.45) is 0 Å². The van der Waals surface area contributed by atoms with E-state index in [0.29, 0.717) is 49.9 Å². The van der Waals surface area contributed by atoms with Crippen LogP contribution in [-0.2, 0) is 0 Å². The summed E-state index contributed by atoms with van der Waals surface area (Å²) in [5.41, 5.74) is 4.80. The normalized spacial score (nSPS) is 12.4. The van der Waals surface area contributed by atoms with Gasteiger partial charge < -0.3 is 10.3 Å². The number of hydrogen-bond acceptors (Lipinski definition) is 6. The van der Waals surface area contributed by atoms with Gasteiger partial charge in [0.1, 0.15) is 22.6 Å². The molecule has 3 N–H and O–H groups in total. The van der Waals surface area contributed by atoms with Gasteiger partial charge in [0, 0.05) is 23.2 Å². The Morgan fingerprint density at radius 3 is 2.72 bits per heavy atom. The Kier molecular flexibility index (Phi) is 7.47. The number of halogens is 2. The molecule has 5 rings (SSSR count). The average molecular weight is 544 g/mol. The maximum atomic E-state index is 16.1. The van der Waals surface area contributed by atoms with E-state index in [1.54, 1.807) is 42.8 Å². The molecule has 5 aromatic heterocycles. The van der Waals surface area contributed by atoms with Crippen molar-refractivity contribution in [1.29, 1.82) is 0 Å². The second kappa shape index (κ2) is 11.1. The van der Waals surface area contributed by atoms with Gasteiger partial charge in [0.2, 0.25) is 0 Å². The molecule has 7 nitrogen and oxygen atoms in total. The lowest BCUT2D eigenvalue weighted by molar-refractivity contribution is 0.630. The molecule has 0 aromatic carbocycles. The van der Waals surface area contributed by atoms with Crippen LogP contribution in [0.15, 0.2) is 73.4 Å². The van der Waals surface area contributed by atoms with Crippen LogP contribution < -0.4 is 5.32 Å². The maximum Gasteiger partial charge on any atom is 0.177 e. The number of pyridine rings is 2. The number of thiophene rings is 1. The lowest BCUT2D eigenvalue weighted by Gasteiger charge is -2.12. The number of rotatable bonds is 10. The summed E-state index contributed by atoms with van der Waals surface area (Å²) in [6.45, 7) is 11.9. The number of nitrogens with zero attached hydrogens (tertiary/aromatic N) is 4. The van der Waals surface area contributed by atoms with Crippen molar-refractivity contribution in [1.82, 2.24) is 35.5 Å². The van der Waals surface area contributed by atoms with Gasteiger partial charge in [0.25, 0.3) is 0 Å². The van der Waals surface area contributed by atoms with Crippen LogP contribution in [0.25, 0.3) is 49.6 Å². The van der Waals surface area contributed by atoms with Crippen LogP contribution in [0.5, 0.6) is 0 Å². The van der Waals surface area contributed by atoms with Crippen LogP contribution in [-0.4, -0.2) is 30.1 Å². The Morgan fingerprint density at radius 2 is 2.00 bits per heavy atom. The molecule has 198 valence electrons. The van der Waals surface area contributed by atoms with Gasteiger partial charge in [0.15, 0.2) is 16.8 Å². The third kappa shape index (κ3) is 5.15. The van der Waals surface area contributed by atoms with E-state index in [-0.39, 0.29) is 16.2 Å². The summed E-state index contributed by atoms with van der Waals surface area (Å²) < 4.78 is 29.8. The van der Waals surface area contributed by atoms with E-state index in [1.165, 1.54) is 6.07 Å². The van der Waals surface area contributed by atoms with Crippen molar-refractivity contribution < 1.29 is 8.78 Å². The highest BCUT2D eigenvalue weighted by molar-refractivity contribution is 7.13. The van der Waals surface area contributed by atoms with Crippen LogP contribution in [0.1, 0.15) is 38.8 Å². The van der Waals surface area contributed by atoms with E-state index in [4.69, 9.17) is 0 Å². The predicted octanol–water partition coefficient (Wildman–Crippen LogP) is 7.67. The summed E-state index contributed by atoms with van der Waals surface area (Å²) in [5, 5.41) is 10.4. The first-order valence-electron chi connectivity index (χ1n) is 12.5. The molecule has 0 unspecified atom stereocenters. The molecule has 0 amide bonds. The molecule has 0 aliphatic carbocycles. The summed E-state index contributed by atoms with van der Waals surface area (Å²) in [6.07, 6.45) is 11.3. The van der Waals surface area contributed by atoms with E-state index < -0.39 is 5.82 Å². The molecule has 0 atom stereocenters. The number of aromatic nitrogens is 6. The number of fused-ring (bicyclic) bond motifs is 2. The maximum absolute atomic E-state index is 16.1. The fraction of sp³-hybridized carbons (Fsp3) is 0.172. The Balaban J connectivity index is 1.56. The minimum Gasteiger partial charge on any atom is -0.359 e. The molecule has 0 aliphatic heterocycles. The van der Waals surface area contributed by atoms with Crippen LogP contribution in [0.3, 0.4) is 0 Å². The average Bonchev–Trinajstić information content (AvgIpc) is 3.68. The van der Waals surface area contributed by atoms with E-state index in [1.807, 2.05) is 6.92 Å². The van der Waals surface area contributed by atoms with Crippen molar-refractivity contribution in [2.45, 2.75) is 33.1 Å². The predicted molar refractivity (Wildman–Crippen MR) is 154 cm³/mol. The molecular formula is C29H27F2N7S. The van der Waals surface area contributed by atoms with Gasteiger partial charge in [-0.05, 0) is 50.1 Å². The Morgan fingerprint density at radius 1 is 1.15 bits per heavy atom. The van der Waals surface area contributed by atoms with Crippen LogP contribution in [0.2, 0.25) is 0 Å². The third-order valence-corrected chi connectivity index (χ3v) is 7.13. The van der Waals surface area contributed by atoms with Crippen molar-refractivity contribution >= 4 is 38.8 Å². The zero-order chi connectivity index (χ0) is 27.5. The zero-order valence-electron chi connectivity index (χ0n) is 21.6. The highest BCUT2D eigenvalue weighted by Gasteiger charge is 2.22. The second-order valence-corrected chi connectivity index (χ2v) is 9.94. The molecule has 0 fully saturated rings.